The topological polar surface area (TPSA) is 30.5 Å². The van der Waals surface area contributed by atoms with Gasteiger partial charge in [-0.05, 0) is 50.2 Å². The molecule has 100 valence electrons. The first kappa shape index (κ1) is 13.3. The summed E-state index contributed by atoms with van der Waals surface area (Å²) in [6, 6.07) is 15.9. The SMILES string of the molecule is COc1cccc(Oc2ccc(NC(C)C)cc2)c1. The Morgan fingerprint density at radius 2 is 1.58 bits per heavy atom. The van der Waals surface area contributed by atoms with Gasteiger partial charge in [-0.3, -0.25) is 0 Å². The van der Waals surface area contributed by atoms with Crippen LogP contribution in [0.1, 0.15) is 13.8 Å². The van der Waals surface area contributed by atoms with Crippen molar-refractivity contribution >= 4 is 5.69 Å². The van der Waals surface area contributed by atoms with Crippen LogP contribution in [0.25, 0.3) is 0 Å². The van der Waals surface area contributed by atoms with Crippen LogP contribution in [0.3, 0.4) is 0 Å². The summed E-state index contributed by atoms with van der Waals surface area (Å²) in [5.74, 6) is 2.36. The molecule has 0 radical (unpaired) electrons. The third-order valence-electron chi connectivity index (χ3n) is 2.59. The van der Waals surface area contributed by atoms with E-state index in [1.165, 1.54) is 0 Å². The number of ether oxygens (including phenoxy) is 2. The molecule has 0 aliphatic heterocycles. The molecule has 0 unspecified atom stereocenters. The van der Waals surface area contributed by atoms with Crippen molar-refractivity contribution in [3.05, 3.63) is 48.5 Å². The third-order valence-corrected chi connectivity index (χ3v) is 2.59. The molecule has 2 aromatic rings. The molecule has 19 heavy (non-hydrogen) atoms. The Morgan fingerprint density at radius 1 is 0.895 bits per heavy atom. The lowest BCUT2D eigenvalue weighted by Gasteiger charge is -2.11. The van der Waals surface area contributed by atoms with Gasteiger partial charge in [0.2, 0.25) is 0 Å². The van der Waals surface area contributed by atoms with Crippen molar-refractivity contribution in [1.82, 2.24) is 0 Å². The molecule has 0 amide bonds. The molecule has 0 aromatic heterocycles. The standard InChI is InChI=1S/C16H19NO2/c1-12(2)17-13-7-9-14(10-8-13)19-16-6-4-5-15(11-16)18-3/h4-12,17H,1-3H3. The average Bonchev–Trinajstić information content (AvgIpc) is 2.41. The predicted molar refractivity (Wildman–Crippen MR) is 78.3 cm³/mol. The molecular weight excluding hydrogens is 238 g/mol. The van der Waals surface area contributed by atoms with E-state index in [0.29, 0.717) is 6.04 Å². The van der Waals surface area contributed by atoms with Gasteiger partial charge < -0.3 is 14.8 Å². The minimum Gasteiger partial charge on any atom is -0.497 e. The molecule has 2 rings (SSSR count). The van der Waals surface area contributed by atoms with E-state index in [1.54, 1.807) is 7.11 Å². The molecule has 0 spiro atoms. The molecule has 0 saturated carbocycles. The quantitative estimate of drug-likeness (QED) is 0.865. The van der Waals surface area contributed by atoms with Crippen LogP contribution in [0.2, 0.25) is 0 Å². The largest absolute Gasteiger partial charge is 0.497 e. The second-order valence-corrected chi connectivity index (χ2v) is 4.60. The Morgan fingerprint density at radius 3 is 2.21 bits per heavy atom. The van der Waals surface area contributed by atoms with Crippen LogP contribution >= 0.6 is 0 Å². The summed E-state index contributed by atoms with van der Waals surface area (Å²) in [4.78, 5) is 0. The summed E-state index contributed by atoms with van der Waals surface area (Å²) < 4.78 is 10.9. The monoisotopic (exact) mass is 257 g/mol. The normalized spacial score (nSPS) is 10.3. The molecule has 3 heteroatoms. The van der Waals surface area contributed by atoms with Crippen molar-refractivity contribution < 1.29 is 9.47 Å². The number of hydrogen-bond donors (Lipinski definition) is 1. The molecule has 0 aliphatic rings. The van der Waals surface area contributed by atoms with Crippen molar-refractivity contribution in [2.45, 2.75) is 19.9 Å². The van der Waals surface area contributed by atoms with Crippen molar-refractivity contribution in [1.29, 1.82) is 0 Å². The minimum atomic E-state index is 0.421. The number of methoxy groups -OCH3 is 1. The fraction of sp³-hybridized carbons (Fsp3) is 0.250. The van der Waals surface area contributed by atoms with Crippen molar-refractivity contribution in [2.75, 3.05) is 12.4 Å². The molecule has 2 aromatic carbocycles. The smallest absolute Gasteiger partial charge is 0.131 e. The summed E-state index contributed by atoms with van der Waals surface area (Å²) in [6.07, 6.45) is 0. The number of nitrogens with one attached hydrogen (secondary N) is 1. The fourth-order valence-electron chi connectivity index (χ4n) is 1.75. The highest BCUT2D eigenvalue weighted by Gasteiger charge is 2.00. The Labute approximate surface area is 114 Å². The minimum absolute atomic E-state index is 0.421. The van der Waals surface area contributed by atoms with Crippen LogP contribution in [0.4, 0.5) is 5.69 Å². The van der Waals surface area contributed by atoms with Gasteiger partial charge in [0.15, 0.2) is 0 Å². The van der Waals surface area contributed by atoms with Crippen molar-refractivity contribution in [2.24, 2.45) is 0 Å². The maximum absolute atomic E-state index is 5.77. The molecule has 0 fully saturated rings. The van der Waals surface area contributed by atoms with Gasteiger partial charge in [0.1, 0.15) is 17.2 Å². The Bertz CT molecular complexity index is 521. The second-order valence-electron chi connectivity index (χ2n) is 4.60. The number of hydrogen-bond acceptors (Lipinski definition) is 3. The first-order chi connectivity index (χ1) is 9.17. The second kappa shape index (κ2) is 6.14. The van der Waals surface area contributed by atoms with Crippen LogP contribution in [0.15, 0.2) is 48.5 Å². The lowest BCUT2D eigenvalue weighted by molar-refractivity contribution is 0.409. The lowest BCUT2D eigenvalue weighted by atomic mass is 10.2. The molecule has 0 bridgehead atoms. The molecule has 3 nitrogen and oxygen atoms in total. The van der Waals surface area contributed by atoms with Gasteiger partial charge in [0, 0.05) is 17.8 Å². The zero-order valence-corrected chi connectivity index (χ0v) is 11.5. The fourth-order valence-corrected chi connectivity index (χ4v) is 1.75. The maximum atomic E-state index is 5.77. The van der Waals surface area contributed by atoms with E-state index in [2.05, 4.69) is 19.2 Å². The zero-order chi connectivity index (χ0) is 13.7. The first-order valence-electron chi connectivity index (χ1n) is 6.36. The van der Waals surface area contributed by atoms with Gasteiger partial charge in [0.05, 0.1) is 7.11 Å². The van der Waals surface area contributed by atoms with Crippen LogP contribution < -0.4 is 14.8 Å². The van der Waals surface area contributed by atoms with E-state index in [9.17, 15) is 0 Å². The number of anilines is 1. The Balaban J connectivity index is 2.06. The summed E-state index contributed by atoms with van der Waals surface area (Å²) in [6.45, 7) is 4.22. The molecule has 1 N–H and O–H groups in total. The van der Waals surface area contributed by atoms with Gasteiger partial charge in [-0.25, -0.2) is 0 Å². The highest BCUT2D eigenvalue weighted by molar-refractivity contribution is 5.48. The number of benzene rings is 2. The highest BCUT2D eigenvalue weighted by atomic mass is 16.5. The van der Waals surface area contributed by atoms with Crippen LogP contribution in [0.5, 0.6) is 17.2 Å². The van der Waals surface area contributed by atoms with E-state index >= 15 is 0 Å². The molecule has 0 heterocycles. The summed E-state index contributed by atoms with van der Waals surface area (Å²) >= 11 is 0. The lowest BCUT2D eigenvalue weighted by Crippen LogP contribution is -2.09. The van der Waals surface area contributed by atoms with Crippen molar-refractivity contribution in [3.63, 3.8) is 0 Å². The van der Waals surface area contributed by atoms with Gasteiger partial charge in [0.25, 0.3) is 0 Å². The maximum Gasteiger partial charge on any atom is 0.131 e. The third kappa shape index (κ3) is 3.91. The first-order valence-corrected chi connectivity index (χ1v) is 6.36. The van der Waals surface area contributed by atoms with E-state index in [4.69, 9.17) is 9.47 Å². The van der Waals surface area contributed by atoms with Crippen LogP contribution in [-0.4, -0.2) is 13.2 Å². The Kier molecular flexibility index (Phi) is 4.29. The zero-order valence-electron chi connectivity index (χ0n) is 11.5. The molecule has 0 saturated heterocycles. The highest BCUT2D eigenvalue weighted by Crippen LogP contribution is 2.26. The summed E-state index contributed by atoms with van der Waals surface area (Å²) in [5.41, 5.74) is 1.09. The van der Waals surface area contributed by atoms with E-state index in [-0.39, 0.29) is 0 Å². The van der Waals surface area contributed by atoms with E-state index in [1.807, 2.05) is 48.5 Å². The molecule has 0 atom stereocenters. The summed E-state index contributed by atoms with van der Waals surface area (Å²) in [5, 5.41) is 3.34. The predicted octanol–water partition coefficient (Wildman–Crippen LogP) is 4.31. The van der Waals surface area contributed by atoms with E-state index in [0.717, 1.165) is 22.9 Å². The van der Waals surface area contributed by atoms with Gasteiger partial charge in [-0.1, -0.05) is 6.07 Å². The van der Waals surface area contributed by atoms with Crippen molar-refractivity contribution in [3.8, 4) is 17.2 Å². The molecular formula is C16H19NO2. The van der Waals surface area contributed by atoms with E-state index < -0.39 is 0 Å². The van der Waals surface area contributed by atoms with Crippen LogP contribution in [0, 0.1) is 0 Å². The Hall–Kier alpha value is -2.16. The molecule has 0 aliphatic carbocycles. The van der Waals surface area contributed by atoms with Crippen LogP contribution in [-0.2, 0) is 0 Å². The summed E-state index contributed by atoms with van der Waals surface area (Å²) in [7, 11) is 1.64. The number of rotatable bonds is 5. The van der Waals surface area contributed by atoms with Gasteiger partial charge in [-0.2, -0.15) is 0 Å². The van der Waals surface area contributed by atoms with Gasteiger partial charge in [-0.15, -0.1) is 0 Å². The average molecular weight is 257 g/mol. The van der Waals surface area contributed by atoms with Gasteiger partial charge >= 0.3 is 0 Å².